The van der Waals surface area contributed by atoms with E-state index < -0.39 is 0 Å². The summed E-state index contributed by atoms with van der Waals surface area (Å²) in [7, 11) is 0. The van der Waals surface area contributed by atoms with E-state index in [1.54, 1.807) is 0 Å². The molecule has 1 nitrogen and oxygen atoms in total. The number of hydrogen-bond donors (Lipinski definition) is 1. The summed E-state index contributed by atoms with van der Waals surface area (Å²) in [5.74, 6) is 0.799. The number of rotatable bonds is 3. The van der Waals surface area contributed by atoms with E-state index in [0.29, 0.717) is 6.04 Å². The maximum absolute atomic E-state index is 6.16. The van der Waals surface area contributed by atoms with Gasteiger partial charge in [0.2, 0.25) is 0 Å². The van der Waals surface area contributed by atoms with E-state index in [1.165, 1.54) is 37.7 Å². The number of nitrogens with one attached hydrogen (secondary N) is 1. The molecule has 1 N–H and O–H groups in total. The number of hydrogen-bond acceptors (Lipinski definition) is 1. The second-order valence-electron chi connectivity index (χ2n) is 5.69. The Morgan fingerprint density at radius 3 is 2.78 bits per heavy atom. The summed E-state index contributed by atoms with van der Waals surface area (Å²) in [6.07, 6.45) is 6.86. The number of benzene rings is 1. The maximum atomic E-state index is 6.16. The molecule has 1 aromatic carbocycles. The van der Waals surface area contributed by atoms with Gasteiger partial charge in [0.25, 0.3) is 0 Å². The van der Waals surface area contributed by atoms with Crippen LogP contribution in [0.4, 0.5) is 0 Å². The minimum atomic E-state index is 0.674. The molecule has 0 heterocycles. The molecular formula is C16H24ClN. The molecule has 1 fully saturated rings. The van der Waals surface area contributed by atoms with Gasteiger partial charge in [-0.1, -0.05) is 49.9 Å². The monoisotopic (exact) mass is 265 g/mol. The molecule has 1 aliphatic carbocycles. The van der Waals surface area contributed by atoms with Crippen LogP contribution in [-0.2, 0) is 6.54 Å². The first-order valence-electron chi connectivity index (χ1n) is 7.15. The molecule has 2 heteroatoms. The smallest absolute Gasteiger partial charge is 0.0438 e. The van der Waals surface area contributed by atoms with Gasteiger partial charge in [-0.2, -0.15) is 0 Å². The van der Waals surface area contributed by atoms with E-state index in [9.17, 15) is 0 Å². The zero-order chi connectivity index (χ0) is 13.0. The Kier molecular flexibility index (Phi) is 5.08. The molecule has 1 aliphatic rings. The van der Waals surface area contributed by atoms with Crippen molar-refractivity contribution in [1.82, 2.24) is 5.32 Å². The lowest BCUT2D eigenvalue weighted by molar-refractivity contribution is 0.356. The first kappa shape index (κ1) is 13.9. The summed E-state index contributed by atoms with van der Waals surface area (Å²) >= 11 is 6.16. The van der Waals surface area contributed by atoms with Crippen LogP contribution in [0, 0.1) is 12.8 Å². The standard InChI is InChI=1S/C16H24ClN/c1-12-8-9-14(10-15(12)17)11-18-16-7-5-3-4-6-13(16)2/h8-10,13,16,18H,3-7,11H2,1-2H3. The van der Waals surface area contributed by atoms with Gasteiger partial charge in [-0.3, -0.25) is 0 Å². The van der Waals surface area contributed by atoms with Gasteiger partial charge in [0, 0.05) is 17.6 Å². The number of aryl methyl sites for hydroxylation is 1. The van der Waals surface area contributed by atoms with Gasteiger partial charge in [0.15, 0.2) is 0 Å². The second-order valence-corrected chi connectivity index (χ2v) is 6.09. The average Bonchev–Trinajstić information content (AvgIpc) is 2.56. The molecular weight excluding hydrogens is 242 g/mol. The first-order valence-corrected chi connectivity index (χ1v) is 7.53. The van der Waals surface area contributed by atoms with Crippen molar-refractivity contribution in [3.05, 3.63) is 34.3 Å². The molecule has 0 bridgehead atoms. The molecule has 0 amide bonds. The fourth-order valence-corrected chi connectivity index (χ4v) is 2.99. The van der Waals surface area contributed by atoms with Crippen LogP contribution in [0.1, 0.15) is 50.2 Å². The fraction of sp³-hybridized carbons (Fsp3) is 0.625. The Bertz CT molecular complexity index is 389. The van der Waals surface area contributed by atoms with Crippen molar-refractivity contribution in [3.8, 4) is 0 Å². The van der Waals surface area contributed by atoms with Crippen molar-refractivity contribution in [2.24, 2.45) is 5.92 Å². The van der Waals surface area contributed by atoms with Gasteiger partial charge in [-0.25, -0.2) is 0 Å². The average molecular weight is 266 g/mol. The van der Waals surface area contributed by atoms with Gasteiger partial charge >= 0.3 is 0 Å². The third kappa shape index (κ3) is 3.73. The summed E-state index contributed by atoms with van der Waals surface area (Å²) in [6, 6.07) is 7.05. The van der Waals surface area contributed by atoms with Crippen molar-refractivity contribution in [3.63, 3.8) is 0 Å². The Labute approximate surface area is 116 Å². The number of halogens is 1. The summed E-state index contributed by atoms with van der Waals surface area (Å²) < 4.78 is 0. The largest absolute Gasteiger partial charge is 0.310 e. The Morgan fingerprint density at radius 2 is 2.00 bits per heavy atom. The molecule has 0 aliphatic heterocycles. The zero-order valence-electron chi connectivity index (χ0n) is 11.5. The van der Waals surface area contributed by atoms with E-state index in [1.807, 2.05) is 6.92 Å². The molecule has 0 spiro atoms. The zero-order valence-corrected chi connectivity index (χ0v) is 12.3. The Hall–Kier alpha value is -0.530. The van der Waals surface area contributed by atoms with Gasteiger partial charge in [-0.05, 0) is 42.9 Å². The van der Waals surface area contributed by atoms with Crippen LogP contribution in [0.5, 0.6) is 0 Å². The summed E-state index contributed by atoms with van der Waals surface area (Å²) in [5.41, 5.74) is 2.45. The Balaban J connectivity index is 1.91. The highest BCUT2D eigenvalue weighted by Gasteiger charge is 2.18. The SMILES string of the molecule is Cc1ccc(CNC2CCCCCC2C)cc1Cl. The summed E-state index contributed by atoms with van der Waals surface area (Å²) in [5, 5.41) is 4.59. The van der Waals surface area contributed by atoms with Crippen molar-refractivity contribution < 1.29 is 0 Å². The lowest BCUT2D eigenvalue weighted by atomic mass is 9.97. The van der Waals surface area contributed by atoms with E-state index >= 15 is 0 Å². The highest BCUT2D eigenvalue weighted by Crippen LogP contribution is 2.23. The van der Waals surface area contributed by atoms with Crippen LogP contribution < -0.4 is 5.32 Å². The van der Waals surface area contributed by atoms with Crippen molar-refractivity contribution in [2.75, 3.05) is 0 Å². The van der Waals surface area contributed by atoms with Crippen molar-refractivity contribution >= 4 is 11.6 Å². The maximum Gasteiger partial charge on any atom is 0.0438 e. The summed E-state index contributed by atoms with van der Waals surface area (Å²) in [4.78, 5) is 0. The predicted octanol–water partition coefficient (Wildman–Crippen LogP) is 4.71. The van der Waals surface area contributed by atoms with Crippen molar-refractivity contribution in [1.29, 1.82) is 0 Å². The molecule has 1 saturated carbocycles. The molecule has 2 unspecified atom stereocenters. The third-order valence-corrected chi connectivity index (χ3v) is 4.57. The normalized spacial score (nSPS) is 24.8. The summed E-state index contributed by atoms with van der Waals surface area (Å²) in [6.45, 7) is 5.37. The minimum Gasteiger partial charge on any atom is -0.310 e. The van der Waals surface area contributed by atoms with Crippen LogP contribution in [0.25, 0.3) is 0 Å². The van der Waals surface area contributed by atoms with Crippen LogP contribution >= 0.6 is 11.6 Å². The molecule has 0 saturated heterocycles. The highest BCUT2D eigenvalue weighted by molar-refractivity contribution is 6.31. The first-order chi connectivity index (χ1) is 8.66. The van der Waals surface area contributed by atoms with Crippen LogP contribution in [0.2, 0.25) is 5.02 Å². The minimum absolute atomic E-state index is 0.674. The predicted molar refractivity (Wildman–Crippen MR) is 79.1 cm³/mol. The van der Waals surface area contributed by atoms with Gasteiger partial charge < -0.3 is 5.32 Å². The molecule has 18 heavy (non-hydrogen) atoms. The lowest BCUT2D eigenvalue weighted by Crippen LogP contribution is -2.33. The van der Waals surface area contributed by atoms with Gasteiger partial charge in [0.1, 0.15) is 0 Å². The van der Waals surface area contributed by atoms with E-state index in [0.717, 1.165) is 23.0 Å². The van der Waals surface area contributed by atoms with Crippen LogP contribution in [0.15, 0.2) is 18.2 Å². The van der Waals surface area contributed by atoms with E-state index in [2.05, 4.69) is 30.4 Å². The molecule has 1 aromatic rings. The van der Waals surface area contributed by atoms with Gasteiger partial charge in [-0.15, -0.1) is 0 Å². The topological polar surface area (TPSA) is 12.0 Å². The highest BCUT2D eigenvalue weighted by atomic mass is 35.5. The van der Waals surface area contributed by atoms with Crippen molar-refractivity contribution in [2.45, 2.75) is 58.5 Å². The second kappa shape index (κ2) is 6.58. The van der Waals surface area contributed by atoms with E-state index in [-0.39, 0.29) is 0 Å². The quantitative estimate of drug-likeness (QED) is 0.781. The fourth-order valence-electron chi connectivity index (χ4n) is 2.79. The van der Waals surface area contributed by atoms with Crippen LogP contribution in [-0.4, -0.2) is 6.04 Å². The molecule has 0 radical (unpaired) electrons. The van der Waals surface area contributed by atoms with Crippen LogP contribution in [0.3, 0.4) is 0 Å². The molecule has 2 atom stereocenters. The Morgan fingerprint density at radius 1 is 1.22 bits per heavy atom. The molecule has 100 valence electrons. The lowest BCUT2D eigenvalue weighted by Gasteiger charge is -2.23. The molecule has 0 aromatic heterocycles. The third-order valence-electron chi connectivity index (χ3n) is 4.17. The molecule has 2 rings (SSSR count). The van der Waals surface area contributed by atoms with Gasteiger partial charge in [0.05, 0.1) is 0 Å². The van der Waals surface area contributed by atoms with E-state index in [4.69, 9.17) is 11.6 Å².